The number of hydrogen-bond acceptors (Lipinski definition) is 4. The lowest BCUT2D eigenvalue weighted by Crippen LogP contribution is -2.42. The van der Waals surface area contributed by atoms with Crippen LogP contribution in [0, 0.1) is 0 Å². The van der Waals surface area contributed by atoms with Crippen LogP contribution in [0.3, 0.4) is 0 Å². The normalized spacial score (nSPS) is 19.5. The Kier molecular flexibility index (Phi) is 3.71. The predicted molar refractivity (Wildman–Crippen MR) is 75.4 cm³/mol. The zero-order chi connectivity index (χ0) is 14.0. The number of hydrogen-bond donors (Lipinski definition) is 1. The van der Waals surface area contributed by atoms with Crippen LogP contribution in [0.15, 0.2) is 24.3 Å². The molecule has 0 saturated heterocycles. The topological polar surface area (TPSA) is 63.7 Å². The van der Waals surface area contributed by atoms with Crippen LogP contribution in [0.4, 0.5) is 5.69 Å². The SMILES string of the molecule is COC(=O)C1CCN([SH](C)(=O)C=O)c2ccccc21. The van der Waals surface area contributed by atoms with Crippen LogP contribution < -0.4 is 4.31 Å². The average molecular weight is 283 g/mol. The van der Waals surface area contributed by atoms with E-state index in [2.05, 4.69) is 0 Å². The van der Waals surface area contributed by atoms with Crippen LogP contribution in [0.2, 0.25) is 0 Å². The van der Waals surface area contributed by atoms with Crippen molar-refractivity contribution in [3.05, 3.63) is 29.8 Å². The van der Waals surface area contributed by atoms with E-state index in [9.17, 15) is 13.8 Å². The Bertz CT molecular complexity index is 557. The van der Waals surface area contributed by atoms with Crippen molar-refractivity contribution in [3.8, 4) is 0 Å². The minimum absolute atomic E-state index is 0.302. The number of thiol groups is 1. The highest BCUT2D eigenvalue weighted by Crippen LogP contribution is 2.37. The van der Waals surface area contributed by atoms with Gasteiger partial charge in [0.05, 0.1) is 18.7 Å². The third-order valence-electron chi connectivity index (χ3n) is 3.38. The van der Waals surface area contributed by atoms with E-state index in [1.807, 2.05) is 12.1 Å². The molecule has 2 rings (SSSR count). The molecule has 0 amide bonds. The molecule has 1 atom stereocenters. The van der Waals surface area contributed by atoms with E-state index in [1.165, 1.54) is 13.4 Å². The summed E-state index contributed by atoms with van der Waals surface area (Å²) in [6.45, 7) is 0.406. The van der Waals surface area contributed by atoms with Gasteiger partial charge in [0.1, 0.15) is 0 Å². The summed E-state index contributed by atoms with van der Waals surface area (Å²) in [7, 11) is -1.69. The lowest BCUT2D eigenvalue weighted by atomic mass is 9.91. The molecule has 1 unspecified atom stereocenters. The van der Waals surface area contributed by atoms with Crippen LogP contribution in [0.5, 0.6) is 0 Å². The summed E-state index contributed by atoms with van der Waals surface area (Å²) in [5.41, 5.74) is 1.95. The van der Waals surface area contributed by atoms with Gasteiger partial charge in [0.2, 0.25) is 0 Å². The minimum Gasteiger partial charge on any atom is -0.469 e. The second-order valence-corrected chi connectivity index (χ2v) is 7.18. The average Bonchev–Trinajstić information content (AvgIpc) is 2.45. The zero-order valence-corrected chi connectivity index (χ0v) is 11.8. The van der Waals surface area contributed by atoms with Gasteiger partial charge in [-0.1, -0.05) is 18.2 Å². The predicted octanol–water partition coefficient (Wildman–Crippen LogP) is 0.905. The smallest absolute Gasteiger partial charge is 0.313 e. The summed E-state index contributed by atoms with van der Waals surface area (Å²) in [5, 5.41) is 0. The Morgan fingerprint density at radius 2 is 2.16 bits per heavy atom. The van der Waals surface area contributed by atoms with Crippen molar-refractivity contribution >= 4 is 27.4 Å². The van der Waals surface area contributed by atoms with Crippen molar-refractivity contribution in [3.63, 3.8) is 0 Å². The first kappa shape index (κ1) is 13.7. The minimum atomic E-state index is -3.05. The highest BCUT2D eigenvalue weighted by atomic mass is 32.3. The number of anilines is 1. The molecule has 0 fully saturated rings. The standard InChI is InChI=1S/C13H17NO4S/c1-18-13(16)11-7-8-14(19(2,17)9-15)12-6-4-3-5-10(11)12/h3-6,9,11,19H,7-8H2,1-2H3. The summed E-state index contributed by atoms with van der Waals surface area (Å²) in [6, 6.07) is 7.22. The third-order valence-corrected chi connectivity index (χ3v) is 5.15. The van der Waals surface area contributed by atoms with Crippen LogP contribution in [-0.4, -0.2) is 35.7 Å². The van der Waals surface area contributed by atoms with Gasteiger partial charge >= 0.3 is 5.97 Å². The summed E-state index contributed by atoms with van der Waals surface area (Å²) in [4.78, 5) is 22.8. The van der Waals surface area contributed by atoms with Crippen LogP contribution >= 0.6 is 0 Å². The number of rotatable bonds is 3. The van der Waals surface area contributed by atoms with Gasteiger partial charge in [0.25, 0.3) is 0 Å². The highest BCUT2D eigenvalue weighted by molar-refractivity contribution is 8.15. The maximum atomic E-state index is 12.3. The molecule has 6 heteroatoms. The van der Waals surface area contributed by atoms with E-state index >= 15 is 0 Å². The van der Waals surface area contributed by atoms with Crippen LogP contribution in [-0.2, 0) is 24.4 Å². The number of benzene rings is 1. The molecule has 0 aromatic heterocycles. The molecule has 0 saturated carbocycles. The number of esters is 1. The highest BCUT2D eigenvalue weighted by Gasteiger charge is 2.33. The van der Waals surface area contributed by atoms with Gasteiger partial charge in [-0.25, -0.2) is 0 Å². The zero-order valence-electron chi connectivity index (χ0n) is 10.9. The van der Waals surface area contributed by atoms with Crippen LogP contribution in [0.1, 0.15) is 17.9 Å². The maximum absolute atomic E-state index is 12.3. The maximum Gasteiger partial charge on any atom is 0.313 e. The van der Waals surface area contributed by atoms with Gasteiger partial charge in [-0.2, -0.15) is 0 Å². The van der Waals surface area contributed by atoms with Gasteiger partial charge in [-0.05, 0) is 18.1 Å². The van der Waals surface area contributed by atoms with Gasteiger partial charge < -0.3 is 9.04 Å². The number of methoxy groups -OCH3 is 1. The molecule has 0 N–H and O–H groups in total. The first-order chi connectivity index (χ1) is 9.01. The monoisotopic (exact) mass is 283 g/mol. The Morgan fingerprint density at radius 3 is 2.79 bits per heavy atom. The molecule has 19 heavy (non-hydrogen) atoms. The Balaban J connectivity index is 2.49. The largest absolute Gasteiger partial charge is 0.469 e. The number of ether oxygens (including phenoxy) is 1. The van der Waals surface area contributed by atoms with Gasteiger partial charge in [-0.15, -0.1) is 0 Å². The van der Waals surface area contributed by atoms with E-state index < -0.39 is 10.1 Å². The number of para-hydroxylation sites is 1. The number of nitrogens with zero attached hydrogens (tertiary/aromatic N) is 1. The molecule has 0 bridgehead atoms. The Hall–Kier alpha value is -1.69. The number of carbonyl (C=O) groups is 2. The first-order valence-electron chi connectivity index (χ1n) is 5.99. The number of carbonyl (C=O) groups excluding carboxylic acids is 2. The van der Waals surface area contributed by atoms with E-state index in [4.69, 9.17) is 4.74 Å². The van der Waals surface area contributed by atoms with E-state index in [0.717, 1.165) is 5.56 Å². The fraction of sp³-hybridized carbons (Fsp3) is 0.385. The van der Waals surface area contributed by atoms with Crippen molar-refractivity contribution in [1.82, 2.24) is 0 Å². The van der Waals surface area contributed by atoms with Crippen molar-refractivity contribution < 1.29 is 18.5 Å². The fourth-order valence-corrected chi connectivity index (χ4v) is 3.64. The molecule has 0 aliphatic carbocycles. The van der Waals surface area contributed by atoms with Crippen LogP contribution in [0.25, 0.3) is 0 Å². The summed E-state index contributed by atoms with van der Waals surface area (Å²) < 4.78 is 18.7. The lowest BCUT2D eigenvalue weighted by Gasteiger charge is -2.38. The number of fused-ring (bicyclic) bond motifs is 1. The molecule has 0 spiro atoms. The lowest BCUT2D eigenvalue weighted by molar-refractivity contribution is -0.142. The molecule has 1 heterocycles. The summed E-state index contributed by atoms with van der Waals surface area (Å²) in [5.74, 6) is -0.659. The van der Waals surface area contributed by atoms with Gasteiger partial charge in [0, 0.05) is 22.9 Å². The molecular weight excluding hydrogens is 266 g/mol. The molecule has 1 aliphatic rings. The summed E-state index contributed by atoms with van der Waals surface area (Å²) >= 11 is 0. The van der Waals surface area contributed by atoms with Gasteiger partial charge in [-0.3, -0.25) is 13.8 Å². The molecule has 0 radical (unpaired) electrons. The fourth-order valence-electron chi connectivity index (χ4n) is 2.40. The Morgan fingerprint density at radius 1 is 1.47 bits per heavy atom. The molecule has 1 aromatic rings. The van der Waals surface area contributed by atoms with Crippen molar-refractivity contribution in [2.75, 3.05) is 24.2 Å². The second kappa shape index (κ2) is 5.13. The van der Waals surface area contributed by atoms with Crippen molar-refractivity contribution in [2.45, 2.75) is 12.3 Å². The van der Waals surface area contributed by atoms with Crippen molar-refractivity contribution in [1.29, 1.82) is 0 Å². The first-order valence-corrected chi connectivity index (χ1v) is 8.17. The molecule has 1 aliphatic heterocycles. The van der Waals surface area contributed by atoms with E-state index in [-0.39, 0.29) is 11.9 Å². The molecular formula is C13H17NO4S. The molecule has 1 aromatic carbocycles. The quantitative estimate of drug-likeness (QED) is 0.509. The van der Waals surface area contributed by atoms with Gasteiger partial charge in [0.15, 0.2) is 5.62 Å². The van der Waals surface area contributed by atoms with E-state index in [1.54, 1.807) is 16.4 Å². The van der Waals surface area contributed by atoms with Crippen molar-refractivity contribution in [2.24, 2.45) is 0 Å². The molecule has 5 nitrogen and oxygen atoms in total. The molecule has 104 valence electrons. The third kappa shape index (κ3) is 2.40. The Labute approximate surface area is 113 Å². The van der Waals surface area contributed by atoms with E-state index in [0.29, 0.717) is 24.3 Å². The summed E-state index contributed by atoms with van der Waals surface area (Å²) in [6.07, 6.45) is 1.94. The second-order valence-electron chi connectivity index (χ2n) is 4.60.